The molecule has 0 unspecified atom stereocenters. The highest BCUT2D eigenvalue weighted by molar-refractivity contribution is 7.92. The molecular formula is C12H9Cl2FN2O2S. The summed E-state index contributed by atoms with van der Waals surface area (Å²) in [5.74, 6) is -0.654. The molecule has 0 bridgehead atoms. The van der Waals surface area contributed by atoms with Crippen molar-refractivity contribution < 1.29 is 12.8 Å². The van der Waals surface area contributed by atoms with Crippen LogP contribution in [-0.2, 0) is 10.0 Å². The zero-order valence-corrected chi connectivity index (χ0v) is 12.2. The molecule has 3 N–H and O–H groups in total. The van der Waals surface area contributed by atoms with Gasteiger partial charge in [0.1, 0.15) is 10.7 Å². The van der Waals surface area contributed by atoms with Gasteiger partial charge in [-0.15, -0.1) is 0 Å². The van der Waals surface area contributed by atoms with Gasteiger partial charge in [-0.25, -0.2) is 12.8 Å². The Bertz CT molecular complexity index is 746. The molecule has 0 radical (unpaired) electrons. The number of nitrogens with two attached hydrogens (primary N) is 1. The molecule has 0 spiro atoms. The van der Waals surface area contributed by atoms with Crippen LogP contribution in [0.15, 0.2) is 41.3 Å². The summed E-state index contributed by atoms with van der Waals surface area (Å²) in [5.41, 5.74) is 5.83. The van der Waals surface area contributed by atoms with E-state index in [-0.39, 0.29) is 20.6 Å². The first-order valence-electron chi connectivity index (χ1n) is 5.32. The predicted octanol–water partition coefficient (Wildman–Crippen LogP) is 3.52. The van der Waals surface area contributed by atoms with Crippen LogP contribution in [0.2, 0.25) is 10.0 Å². The minimum atomic E-state index is -3.96. The highest BCUT2D eigenvalue weighted by Gasteiger charge is 2.18. The van der Waals surface area contributed by atoms with Crippen LogP contribution in [0.4, 0.5) is 15.8 Å². The second-order valence-electron chi connectivity index (χ2n) is 3.95. The van der Waals surface area contributed by atoms with Crippen molar-refractivity contribution in [3.05, 3.63) is 52.3 Å². The minimum Gasteiger partial charge on any atom is -0.399 e. The molecule has 0 aliphatic heterocycles. The molecule has 2 rings (SSSR count). The molecular weight excluding hydrogens is 326 g/mol. The fourth-order valence-corrected chi connectivity index (χ4v) is 3.37. The molecule has 0 aromatic heterocycles. The SMILES string of the molecule is Nc1ccc(S(=O)(=O)Nc2cc(F)cc(Cl)c2)c(Cl)c1. The molecule has 0 saturated carbocycles. The van der Waals surface area contributed by atoms with E-state index in [1.165, 1.54) is 24.3 Å². The molecule has 20 heavy (non-hydrogen) atoms. The van der Waals surface area contributed by atoms with Gasteiger partial charge in [-0.05, 0) is 36.4 Å². The standard InChI is InChI=1S/C12H9Cl2FN2O2S/c13-7-3-8(15)5-10(4-7)17-20(18,19)12-2-1-9(16)6-11(12)14/h1-6,17H,16H2. The van der Waals surface area contributed by atoms with Gasteiger partial charge in [0.2, 0.25) is 0 Å². The Hall–Kier alpha value is -1.50. The molecule has 2 aromatic rings. The largest absolute Gasteiger partial charge is 0.399 e. The lowest BCUT2D eigenvalue weighted by Gasteiger charge is -2.10. The van der Waals surface area contributed by atoms with Gasteiger partial charge in [-0.1, -0.05) is 23.2 Å². The van der Waals surface area contributed by atoms with Gasteiger partial charge < -0.3 is 5.73 Å². The second kappa shape index (κ2) is 5.47. The van der Waals surface area contributed by atoms with Crippen LogP contribution < -0.4 is 10.5 Å². The van der Waals surface area contributed by atoms with E-state index < -0.39 is 15.8 Å². The molecule has 0 saturated heterocycles. The Kier molecular flexibility index (Phi) is 4.08. The van der Waals surface area contributed by atoms with Crippen molar-refractivity contribution in [3.8, 4) is 0 Å². The van der Waals surface area contributed by atoms with E-state index in [1.54, 1.807) is 0 Å². The molecule has 0 atom stereocenters. The Balaban J connectivity index is 2.40. The highest BCUT2D eigenvalue weighted by atomic mass is 35.5. The van der Waals surface area contributed by atoms with E-state index in [4.69, 9.17) is 28.9 Å². The Morgan fingerprint density at radius 2 is 1.80 bits per heavy atom. The lowest BCUT2D eigenvalue weighted by molar-refractivity contribution is 0.601. The van der Waals surface area contributed by atoms with Gasteiger partial charge >= 0.3 is 0 Å². The zero-order valence-electron chi connectivity index (χ0n) is 9.90. The van der Waals surface area contributed by atoms with Crippen LogP contribution in [0.3, 0.4) is 0 Å². The molecule has 0 aliphatic carbocycles. The number of halogens is 3. The summed E-state index contributed by atoms with van der Waals surface area (Å²) < 4.78 is 39.7. The number of nitrogen functional groups attached to an aromatic ring is 1. The van der Waals surface area contributed by atoms with Crippen LogP contribution in [0, 0.1) is 5.82 Å². The fraction of sp³-hybridized carbons (Fsp3) is 0. The third-order valence-corrected chi connectivity index (χ3v) is 4.44. The first-order valence-corrected chi connectivity index (χ1v) is 7.56. The monoisotopic (exact) mass is 334 g/mol. The van der Waals surface area contributed by atoms with Gasteiger partial charge in [0.15, 0.2) is 0 Å². The van der Waals surface area contributed by atoms with Crippen molar-refractivity contribution in [2.75, 3.05) is 10.5 Å². The van der Waals surface area contributed by atoms with Crippen molar-refractivity contribution in [2.45, 2.75) is 4.90 Å². The van der Waals surface area contributed by atoms with Crippen molar-refractivity contribution >= 4 is 44.6 Å². The zero-order chi connectivity index (χ0) is 14.9. The van der Waals surface area contributed by atoms with Crippen LogP contribution in [0.25, 0.3) is 0 Å². The normalized spacial score (nSPS) is 11.3. The molecule has 0 amide bonds. The van der Waals surface area contributed by atoms with Crippen molar-refractivity contribution in [2.24, 2.45) is 0 Å². The lowest BCUT2D eigenvalue weighted by Crippen LogP contribution is -2.13. The predicted molar refractivity (Wildman–Crippen MR) is 78.1 cm³/mol. The van der Waals surface area contributed by atoms with Gasteiger partial charge in [-0.2, -0.15) is 0 Å². The summed E-state index contributed by atoms with van der Waals surface area (Å²) in [6.07, 6.45) is 0. The summed E-state index contributed by atoms with van der Waals surface area (Å²) in [5, 5.41) is 0.0473. The number of nitrogens with one attached hydrogen (secondary N) is 1. The van der Waals surface area contributed by atoms with Crippen molar-refractivity contribution in [1.29, 1.82) is 0 Å². The molecule has 106 valence electrons. The van der Waals surface area contributed by atoms with Gasteiger partial charge in [-0.3, -0.25) is 4.72 Å². The number of sulfonamides is 1. The third-order valence-electron chi connectivity index (χ3n) is 2.36. The van der Waals surface area contributed by atoms with Crippen LogP contribution >= 0.6 is 23.2 Å². The summed E-state index contributed by atoms with van der Waals surface area (Å²) in [7, 11) is -3.96. The Morgan fingerprint density at radius 3 is 2.40 bits per heavy atom. The maximum atomic E-state index is 13.2. The maximum absolute atomic E-state index is 13.2. The fourth-order valence-electron chi connectivity index (χ4n) is 1.56. The van der Waals surface area contributed by atoms with E-state index in [2.05, 4.69) is 4.72 Å². The summed E-state index contributed by atoms with van der Waals surface area (Å²) in [4.78, 5) is -0.159. The summed E-state index contributed by atoms with van der Waals surface area (Å²) >= 11 is 11.5. The van der Waals surface area contributed by atoms with Gasteiger partial charge in [0, 0.05) is 10.7 Å². The lowest BCUT2D eigenvalue weighted by atomic mass is 10.3. The van der Waals surface area contributed by atoms with E-state index in [0.717, 1.165) is 12.1 Å². The number of hydrogen-bond donors (Lipinski definition) is 2. The smallest absolute Gasteiger partial charge is 0.263 e. The number of rotatable bonds is 3. The van der Waals surface area contributed by atoms with Crippen molar-refractivity contribution in [3.63, 3.8) is 0 Å². The quantitative estimate of drug-likeness (QED) is 0.843. The topological polar surface area (TPSA) is 72.2 Å². The first kappa shape index (κ1) is 14.9. The molecule has 8 heteroatoms. The van der Waals surface area contributed by atoms with Crippen LogP contribution in [0.5, 0.6) is 0 Å². The number of hydrogen-bond acceptors (Lipinski definition) is 3. The Labute approximate surface area is 125 Å². The van der Waals surface area contributed by atoms with Crippen LogP contribution in [0.1, 0.15) is 0 Å². The van der Waals surface area contributed by atoms with Gasteiger partial charge in [0.25, 0.3) is 10.0 Å². The minimum absolute atomic E-state index is 0.00268. The summed E-state index contributed by atoms with van der Waals surface area (Å²) in [6.45, 7) is 0. The molecule has 0 aliphatic rings. The van der Waals surface area contributed by atoms with Gasteiger partial charge in [0.05, 0.1) is 10.7 Å². The van der Waals surface area contributed by atoms with E-state index in [1.807, 2.05) is 0 Å². The molecule has 0 fully saturated rings. The van der Waals surface area contributed by atoms with E-state index in [0.29, 0.717) is 5.69 Å². The third kappa shape index (κ3) is 3.33. The molecule has 0 heterocycles. The van der Waals surface area contributed by atoms with Crippen molar-refractivity contribution in [1.82, 2.24) is 0 Å². The maximum Gasteiger partial charge on any atom is 0.263 e. The molecule has 4 nitrogen and oxygen atoms in total. The first-order chi connectivity index (χ1) is 9.28. The highest BCUT2D eigenvalue weighted by Crippen LogP contribution is 2.27. The number of benzene rings is 2. The number of anilines is 2. The average molecular weight is 335 g/mol. The second-order valence-corrected chi connectivity index (χ2v) is 6.45. The average Bonchev–Trinajstić information content (AvgIpc) is 2.25. The van der Waals surface area contributed by atoms with E-state index in [9.17, 15) is 12.8 Å². The van der Waals surface area contributed by atoms with E-state index >= 15 is 0 Å². The van der Waals surface area contributed by atoms with Crippen LogP contribution in [-0.4, -0.2) is 8.42 Å². The molecule has 2 aromatic carbocycles. The Morgan fingerprint density at radius 1 is 1.10 bits per heavy atom. The summed E-state index contributed by atoms with van der Waals surface area (Å²) in [6, 6.07) is 7.34.